The van der Waals surface area contributed by atoms with Crippen LogP contribution < -0.4 is 5.56 Å². The Morgan fingerprint density at radius 1 is 1.31 bits per heavy atom. The number of fused-ring (bicyclic) bond motifs is 1. The third-order valence-electron chi connectivity index (χ3n) is 5.30. The summed E-state index contributed by atoms with van der Waals surface area (Å²) in [5.74, 6) is -1.16. The summed E-state index contributed by atoms with van der Waals surface area (Å²) in [5.41, 5.74) is -0.147. The van der Waals surface area contributed by atoms with Gasteiger partial charge in [0.2, 0.25) is 5.91 Å². The second kappa shape index (κ2) is 7.20. The van der Waals surface area contributed by atoms with Crippen LogP contribution in [0, 0.1) is 6.92 Å². The fourth-order valence-electron chi connectivity index (χ4n) is 3.81. The maximum Gasteiger partial charge on any atom is 0.341 e. The van der Waals surface area contributed by atoms with Crippen LogP contribution in [-0.4, -0.2) is 77.3 Å². The summed E-state index contributed by atoms with van der Waals surface area (Å²) in [6, 6.07) is 1.78. The summed E-state index contributed by atoms with van der Waals surface area (Å²) in [6.45, 7) is 3.46. The van der Waals surface area contributed by atoms with Crippen molar-refractivity contribution < 1.29 is 19.4 Å². The molecular weight excluding hydrogens is 338 g/mol. The summed E-state index contributed by atoms with van der Waals surface area (Å²) in [6.07, 6.45) is 2.61. The first-order valence-corrected chi connectivity index (χ1v) is 8.78. The first-order chi connectivity index (χ1) is 12.3. The number of rotatable bonds is 4. The third-order valence-corrected chi connectivity index (χ3v) is 5.30. The number of pyridine rings is 1. The number of aryl methyl sites for hydroxylation is 1. The number of amides is 1. The molecule has 8 heteroatoms. The van der Waals surface area contributed by atoms with Crippen molar-refractivity contribution in [3.8, 4) is 0 Å². The van der Waals surface area contributed by atoms with Crippen LogP contribution in [0.4, 0.5) is 0 Å². The lowest BCUT2D eigenvalue weighted by Gasteiger charge is -2.35. The molecule has 2 aliphatic heterocycles. The van der Waals surface area contributed by atoms with E-state index in [4.69, 9.17) is 4.74 Å². The SMILES string of the molecule is Cc1ccn([C@H]2C[C@H]3CO[C@@H](CC(=O)N(C)C)CN3C2)c(=O)c1C(=O)O. The van der Waals surface area contributed by atoms with E-state index in [1.807, 2.05) is 0 Å². The molecule has 0 aliphatic carbocycles. The van der Waals surface area contributed by atoms with Crippen molar-refractivity contribution in [2.24, 2.45) is 0 Å². The Hall–Kier alpha value is -2.19. The maximum atomic E-state index is 12.6. The van der Waals surface area contributed by atoms with Gasteiger partial charge in [0.1, 0.15) is 5.56 Å². The van der Waals surface area contributed by atoms with Gasteiger partial charge < -0.3 is 19.3 Å². The molecule has 0 unspecified atom stereocenters. The summed E-state index contributed by atoms with van der Waals surface area (Å²) in [7, 11) is 3.45. The van der Waals surface area contributed by atoms with Gasteiger partial charge in [0.25, 0.3) is 5.56 Å². The second-order valence-corrected chi connectivity index (χ2v) is 7.34. The lowest BCUT2D eigenvalue weighted by Crippen LogP contribution is -2.47. The molecule has 142 valence electrons. The van der Waals surface area contributed by atoms with Crippen LogP contribution in [0.3, 0.4) is 0 Å². The van der Waals surface area contributed by atoms with Crippen LogP contribution in [-0.2, 0) is 9.53 Å². The highest BCUT2D eigenvalue weighted by Gasteiger charge is 2.39. The monoisotopic (exact) mass is 363 g/mol. The number of carbonyl (C=O) groups is 2. The average molecular weight is 363 g/mol. The molecule has 26 heavy (non-hydrogen) atoms. The zero-order valence-corrected chi connectivity index (χ0v) is 15.3. The highest BCUT2D eigenvalue weighted by Crippen LogP contribution is 2.30. The van der Waals surface area contributed by atoms with E-state index in [1.165, 1.54) is 4.57 Å². The molecule has 0 bridgehead atoms. The van der Waals surface area contributed by atoms with Crippen LogP contribution in [0.15, 0.2) is 17.1 Å². The fraction of sp³-hybridized carbons (Fsp3) is 0.611. The van der Waals surface area contributed by atoms with Gasteiger partial charge in [-0.3, -0.25) is 14.5 Å². The number of nitrogens with zero attached hydrogens (tertiary/aromatic N) is 3. The van der Waals surface area contributed by atoms with Crippen molar-refractivity contribution in [1.82, 2.24) is 14.4 Å². The quantitative estimate of drug-likeness (QED) is 0.830. The van der Waals surface area contributed by atoms with E-state index >= 15 is 0 Å². The van der Waals surface area contributed by atoms with Crippen molar-refractivity contribution >= 4 is 11.9 Å². The Morgan fingerprint density at radius 3 is 2.69 bits per heavy atom. The summed E-state index contributed by atoms with van der Waals surface area (Å²) in [5, 5.41) is 9.30. The number of carbonyl (C=O) groups excluding carboxylic acids is 1. The van der Waals surface area contributed by atoms with Gasteiger partial charge in [0.05, 0.1) is 25.2 Å². The molecule has 1 aromatic rings. The maximum absolute atomic E-state index is 12.6. The lowest BCUT2D eigenvalue weighted by atomic mass is 10.1. The number of aromatic carboxylic acids is 1. The molecule has 3 atom stereocenters. The number of carboxylic acids is 1. The van der Waals surface area contributed by atoms with Gasteiger partial charge in [-0.1, -0.05) is 0 Å². The first-order valence-electron chi connectivity index (χ1n) is 8.78. The van der Waals surface area contributed by atoms with E-state index in [9.17, 15) is 19.5 Å². The van der Waals surface area contributed by atoms with Crippen LogP contribution >= 0.6 is 0 Å². The molecule has 0 spiro atoms. The van der Waals surface area contributed by atoms with Gasteiger partial charge in [-0.25, -0.2) is 4.79 Å². The topological polar surface area (TPSA) is 92.1 Å². The molecule has 1 aromatic heterocycles. The Morgan fingerprint density at radius 2 is 2.04 bits per heavy atom. The van der Waals surface area contributed by atoms with Gasteiger partial charge in [-0.05, 0) is 25.0 Å². The summed E-state index contributed by atoms with van der Waals surface area (Å²) in [4.78, 5) is 39.7. The van der Waals surface area contributed by atoms with Crippen molar-refractivity contribution in [2.75, 3.05) is 33.8 Å². The highest BCUT2D eigenvalue weighted by atomic mass is 16.5. The first kappa shape index (κ1) is 18.6. The minimum Gasteiger partial charge on any atom is -0.477 e. The molecular formula is C18H25N3O5. The standard InChI is InChI=1S/C18H25N3O5/c1-11-4-5-21(17(23)16(11)18(24)25)12-6-13-10-26-14(9-20(13)8-12)7-15(22)19(2)3/h4-5,12-14H,6-10H2,1-3H3,(H,24,25)/t12-,13-,14-/m0/s1. The zero-order chi connectivity index (χ0) is 19.0. The Balaban J connectivity index is 1.73. The Kier molecular flexibility index (Phi) is 5.15. The molecule has 1 N–H and O–H groups in total. The molecule has 0 radical (unpaired) electrons. The molecule has 0 aromatic carbocycles. The van der Waals surface area contributed by atoms with E-state index in [0.717, 1.165) is 6.42 Å². The van der Waals surface area contributed by atoms with Crippen molar-refractivity contribution in [1.29, 1.82) is 0 Å². The average Bonchev–Trinajstić information content (AvgIpc) is 2.97. The minimum absolute atomic E-state index is 0.0325. The number of hydrogen-bond donors (Lipinski definition) is 1. The van der Waals surface area contributed by atoms with E-state index in [-0.39, 0.29) is 29.7 Å². The van der Waals surface area contributed by atoms with Crippen LogP contribution in [0.1, 0.15) is 34.8 Å². The fourth-order valence-corrected chi connectivity index (χ4v) is 3.81. The van der Waals surface area contributed by atoms with Crippen molar-refractivity contribution in [2.45, 2.75) is 38.0 Å². The normalized spacial score (nSPS) is 25.7. The molecule has 3 rings (SSSR count). The largest absolute Gasteiger partial charge is 0.477 e. The molecule has 1 amide bonds. The highest BCUT2D eigenvalue weighted by molar-refractivity contribution is 5.88. The van der Waals surface area contributed by atoms with Crippen LogP contribution in [0.2, 0.25) is 0 Å². The van der Waals surface area contributed by atoms with Gasteiger partial charge in [0, 0.05) is 39.4 Å². The summed E-state index contributed by atoms with van der Waals surface area (Å²) < 4.78 is 7.37. The smallest absolute Gasteiger partial charge is 0.341 e. The van der Waals surface area contributed by atoms with Gasteiger partial charge in [-0.15, -0.1) is 0 Å². The van der Waals surface area contributed by atoms with Crippen molar-refractivity contribution in [3.63, 3.8) is 0 Å². The Labute approximate surface area is 152 Å². The van der Waals surface area contributed by atoms with E-state index in [2.05, 4.69) is 4.90 Å². The van der Waals surface area contributed by atoms with Crippen LogP contribution in [0.5, 0.6) is 0 Å². The zero-order valence-electron chi connectivity index (χ0n) is 15.3. The predicted molar refractivity (Wildman–Crippen MR) is 94.5 cm³/mol. The molecule has 2 aliphatic rings. The van der Waals surface area contributed by atoms with Gasteiger partial charge in [0.15, 0.2) is 0 Å². The molecule has 2 fully saturated rings. The predicted octanol–water partition coefficient (Wildman–Crippen LogP) is 0.347. The Bertz CT molecular complexity index is 773. The van der Waals surface area contributed by atoms with Gasteiger partial charge in [-0.2, -0.15) is 0 Å². The molecule has 8 nitrogen and oxygen atoms in total. The molecule has 3 heterocycles. The van der Waals surface area contributed by atoms with Gasteiger partial charge >= 0.3 is 5.97 Å². The van der Waals surface area contributed by atoms with Crippen molar-refractivity contribution in [3.05, 3.63) is 33.7 Å². The third kappa shape index (κ3) is 3.52. The second-order valence-electron chi connectivity index (χ2n) is 7.34. The number of morpholine rings is 1. The van der Waals surface area contributed by atoms with Crippen LogP contribution in [0.25, 0.3) is 0 Å². The number of aromatic nitrogens is 1. The number of ether oxygens (including phenoxy) is 1. The van der Waals surface area contributed by atoms with E-state index in [1.54, 1.807) is 38.2 Å². The number of carboxylic acid groups (broad SMARTS) is 1. The lowest BCUT2D eigenvalue weighted by molar-refractivity contribution is -0.134. The molecule has 2 saturated heterocycles. The van der Waals surface area contributed by atoms with E-state index < -0.39 is 11.5 Å². The molecule has 0 saturated carbocycles. The van der Waals surface area contributed by atoms with E-state index in [0.29, 0.717) is 31.7 Å². The minimum atomic E-state index is -1.19. The number of hydrogen-bond acceptors (Lipinski definition) is 5. The summed E-state index contributed by atoms with van der Waals surface area (Å²) >= 11 is 0.